The number of aliphatic hydroxyl groups is 2. The minimum Gasteiger partial charge on any atom is -0.493 e. The Morgan fingerprint density at radius 3 is 2.61 bits per heavy atom. The fourth-order valence-electron chi connectivity index (χ4n) is 3.97. The van der Waals surface area contributed by atoms with Crippen LogP contribution in [0.2, 0.25) is 0 Å². The van der Waals surface area contributed by atoms with Crippen LogP contribution in [0.1, 0.15) is 37.0 Å². The fourth-order valence-corrected chi connectivity index (χ4v) is 4.72. The van der Waals surface area contributed by atoms with Crippen molar-refractivity contribution in [1.29, 1.82) is 0 Å². The van der Waals surface area contributed by atoms with Crippen LogP contribution in [-0.2, 0) is 14.3 Å². The predicted molar refractivity (Wildman–Crippen MR) is 141 cm³/mol. The first-order valence-electron chi connectivity index (χ1n) is 11.7. The molecule has 3 atom stereocenters. The number of benzene rings is 1. The number of nitrogens with one attached hydrogen (secondary N) is 1. The standard InChI is InChI=1S/C25H35IN2O8/c1-15(2)9-22(31)28(6-8-34-3)19-12-17(25(33)27-5-7-29)13-20(23(19)32)36-24-18(26)10-16(14-30)11-21(24)35-4/h10-11,13-15,19-20,23,29,32H,5-9,12H2,1-4H3,(H,27,33)/t19-,20+,23+/m1/s1. The van der Waals surface area contributed by atoms with Crippen molar-refractivity contribution < 1.29 is 38.8 Å². The molecule has 200 valence electrons. The number of aldehydes is 1. The number of ether oxygens (including phenoxy) is 3. The van der Waals surface area contributed by atoms with Crippen molar-refractivity contribution in [3.8, 4) is 11.5 Å². The largest absolute Gasteiger partial charge is 0.493 e. The highest BCUT2D eigenvalue weighted by Gasteiger charge is 2.40. The molecule has 3 N–H and O–H groups in total. The normalized spacial score (nSPS) is 19.4. The molecule has 0 fully saturated rings. The molecule has 10 nitrogen and oxygen atoms in total. The summed E-state index contributed by atoms with van der Waals surface area (Å²) in [5, 5.41) is 23.1. The quantitative estimate of drug-likeness (QED) is 0.224. The van der Waals surface area contributed by atoms with Gasteiger partial charge in [-0.05, 0) is 46.7 Å². The molecule has 0 unspecified atom stereocenters. The predicted octanol–water partition coefficient (Wildman–Crippen LogP) is 1.55. The molecule has 0 aromatic heterocycles. The third-order valence-corrected chi connectivity index (χ3v) is 6.50. The summed E-state index contributed by atoms with van der Waals surface area (Å²) in [7, 11) is 2.97. The number of carbonyl (C=O) groups excluding carboxylic acids is 3. The molecule has 11 heteroatoms. The molecule has 0 spiro atoms. The molecule has 1 aliphatic rings. The van der Waals surface area contributed by atoms with Crippen LogP contribution in [0, 0.1) is 9.49 Å². The summed E-state index contributed by atoms with van der Waals surface area (Å²) in [6.45, 7) is 4.19. The van der Waals surface area contributed by atoms with Crippen LogP contribution in [0.15, 0.2) is 23.8 Å². The smallest absolute Gasteiger partial charge is 0.247 e. The van der Waals surface area contributed by atoms with E-state index in [1.807, 2.05) is 36.4 Å². The van der Waals surface area contributed by atoms with E-state index in [9.17, 15) is 19.5 Å². The first-order chi connectivity index (χ1) is 17.2. The Balaban J connectivity index is 2.49. The van der Waals surface area contributed by atoms with Gasteiger partial charge in [0.1, 0.15) is 18.5 Å². The monoisotopic (exact) mass is 618 g/mol. The van der Waals surface area contributed by atoms with Crippen molar-refractivity contribution in [1.82, 2.24) is 10.2 Å². The molecule has 0 saturated heterocycles. The highest BCUT2D eigenvalue weighted by molar-refractivity contribution is 14.1. The lowest BCUT2D eigenvalue weighted by atomic mass is 9.87. The molecule has 0 bridgehead atoms. The van der Waals surface area contributed by atoms with E-state index in [-0.39, 0.29) is 51.0 Å². The lowest BCUT2D eigenvalue weighted by molar-refractivity contribution is -0.140. The van der Waals surface area contributed by atoms with Crippen molar-refractivity contribution in [3.05, 3.63) is 32.9 Å². The van der Waals surface area contributed by atoms with Gasteiger partial charge in [-0.25, -0.2) is 0 Å². The van der Waals surface area contributed by atoms with Gasteiger partial charge in [-0.2, -0.15) is 0 Å². The van der Waals surface area contributed by atoms with Gasteiger partial charge in [-0.3, -0.25) is 14.4 Å². The molecule has 1 aliphatic carbocycles. The fraction of sp³-hybridized carbons (Fsp3) is 0.560. The number of hydrogen-bond acceptors (Lipinski definition) is 8. The average molecular weight is 618 g/mol. The maximum atomic E-state index is 13.2. The number of methoxy groups -OCH3 is 2. The highest BCUT2D eigenvalue weighted by Crippen LogP contribution is 2.37. The topological polar surface area (TPSA) is 135 Å². The summed E-state index contributed by atoms with van der Waals surface area (Å²) >= 11 is 2.00. The number of hydrogen-bond donors (Lipinski definition) is 3. The van der Waals surface area contributed by atoms with Crippen LogP contribution in [0.4, 0.5) is 0 Å². The average Bonchev–Trinajstić information content (AvgIpc) is 2.84. The zero-order chi connectivity index (χ0) is 26.8. The summed E-state index contributed by atoms with van der Waals surface area (Å²) in [6.07, 6.45) is 0.423. The second-order valence-corrected chi connectivity index (χ2v) is 10.0. The van der Waals surface area contributed by atoms with E-state index in [1.54, 1.807) is 11.0 Å². The maximum Gasteiger partial charge on any atom is 0.247 e. The molecular formula is C25H35IN2O8. The lowest BCUT2D eigenvalue weighted by Gasteiger charge is -2.41. The van der Waals surface area contributed by atoms with Gasteiger partial charge in [-0.15, -0.1) is 0 Å². The van der Waals surface area contributed by atoms with Crippen LogP contribution in [0.5, 0.6) is 11.5 Å². The maximum absolute atomic E-state index is 13.2. The Kier molecular flexibility index (Phi) is 12.1. The second kappa shape index (κ2) is 14.5. The van der Waals surface area contributed by atoms with Crippen LogP contribution >= 0.6 is 22.6 Å². The summed E-state index contributed by atoms with van der Waals surface area (Å²) in [5.41, 5.74) is 0.720. The van der Waals surface area contributed by atoms with Gasteiger partial charge in [0.2, 0.25) is 11.8 Å². The van der Waals surface area contributed by atoms with Crippen molar-refractivity contribution in [2.75, 3.05) is 40.5 Å². The summed E-state index contributed by atoms with van der Waals surface area (Å²) < 4.78 is 17.4. The molecule has 0 radical (unpaired) electrons. The third kappa shape index (κ3) is 7.89. The summed E-state index contributed by atoms with van der Waals surface area (Å²) in [6, 6.07) is 2.38. The van der Waals surface area contributed by atoms with Gasteiger partial charge in [0, 0.05) is 44.2 Å². The number of halogens is 1. The molecule has 0 aliphatic heterocycles. The molecule has 1 aromatic carbocycles. The molecule has 0 saturated carbocycles. The lowest BCUT2D eigenvalue weighted by Crippen LogP contribution is -2.56. The molecule has 0 heterocycles. The second-order valence-electron chi connectivity index (χ2n) is 8.85. The summed E-state index contributed by atoms with van der Waals surface area (Å²) in [4.78, 5) is 38.8. The van der Waals surface area contributed by atoms with Crippen LogP contribution in [0.3, 0.4) is 0 Å². The van der Waals surface area contributed by atoms with Gasteiger partial charge in [-0.1, -0.05) is 13.8 Å². The summed E-state index contributed by atoms with van der Waals surface area (Å²) in [5.74, 6) is 0.113. The Morgan fingerprint density at radius 1 is 1.31 bits per heavy atom. The van der Waals surface area contributed by atoms with Crippen molar-refractivity contribution in [2.45, 2.75) is 44.9 Å². The Labute approximate surface area is 225 Å². The molecular weight excluding hydrogens is 583 g/mol. The number of aliphatic hydroxyl groups excluding tert-OH is 2. The first-order valence-corrected chi connectivity index (χ1v) is 12.8. The van der Waals surface area contributed by atoms with Gasteiger partial charge in [0.05, 0.1) is 29.9 Å². The van der Waals surface area contributed by atoms with Crippen LogP contribution < -0.4 is 14.8 Å². The van der Waals surface area contributed by atoms with Crippen molar-refractivity contribution >= 4 is 40.7 Å². The Morgan fingerprint density at radius 2 is 2.03 bits per heavy atom. The van der Waals surface area contributed by atoms with E-state index < -0.39 is 24.2 Å². The van der Waals surface area contributed by atoms with Gasteiger partial charge in [0.15, 0.2) is 11.5 Å². The van der Waals surface area contributed by atoms with E-state index in [0.717, 1.165) is 0 Å². The van der Waals surface area contributed by atoms with Crippen molar-refractivity contribution in [3.63, 3.8) is 0 Å². The molecule has 2 amide bonds. The number of rotatable bonds is 13. The number of nitrogens with zero attached hydrogens (tertiary/aromatic N) is 1. The van der Waals surface area contributed by atoms with E-state index in [4.69, 9.17) is 19.3 Å². The zero-order valence-electron chi connectivity index (χ0n) is 21.0. The van der Waals surface area contributed by atoms with E-state index in [2.05, 4.69) is 5.32 Å². The molecule has 36 heavy (non-hydrogen) atoms. The van der Waals surface area contributed by atoms with Crippen LogP contribution in [0.25, 0.3) is 0 Å². The van der Waals surface area contributed by atoms with Crippen LogP contribution in [-0.4, -0.2) is 92.0 Å². The molecule has 2 rings (SSSR count). The van der Waals surface area contributed by atoms with Gasteiger partial charge >= 0.3 is 0 Å². The minimum atomic E-state index is -1.17. The molecule has 1 aromatic rings. The van der Waals surface area contributed by atoms with E-state index in [1.165, 1.54) is 26.4 Å². The Hall–Kier alpha value is -2.22. The van der Waals surface area contributed by atoms with Crippen molar-refractivity contribution in [2.24, 2.45) is 5.92 Å². The number of amides is 2. The third-order valence-electron chi connectivity index (χ3n) is 5.70. The van der Waals surface area contributed by atoms with Gasteiger partial charge in [0.25, 0.3) is 0 Å². The number of carbonyl (C=O) groups is 3. The van der Waals surface area contributed by atoms with E-state index >= 15 is 0 Å². The Bertz CT molecular complexity index is 952. The first kappa shape index (κ1) is 30.0. The van der Waals surface area contributed by atoms with Gasteiger partial charge < -0.3 is 34.6 Å². The van der Waals surface area contributed by atoms with E-state index in [0.29, 0.717) is 32.5 Å². The minimum absolute atomic E-state index is 0.0630. The SMILES string of the molecule is COCCN(C(=O)CC(C)C)[C@@H]1CC(C(=O)NCCO)=C[C@H](Oc2c(I)cc(C=O)cc2OC)[C@H]1O. The highest BCUT2D eigenvalue weighted by atomic mass is 127. The zero-order valence-corrected chi connectivity index (χ0v) is 23.2.